The van der Waals surface area contributed by atoms with Crippen LogP contribution in [0.2, 0.25) is 0 Å². The van der Waals surface area contributed by atoms with Crippen LogP contribution in [0.1, 0.15) is 55.6 Å². The number of aromatic nitrogens is 1. The molecule has 4 rings (SSSR count). The highest BCUT2D eigenvalue weighted by molar-refractivity contribution is 6.09. The fourth-order valence-electron chi connectivity index (χ4n) is 4.25. The number of rotatable bonds is 5. The Hall–Kier alpha value is -4.13. The number of hydrogen-bond acceptors (Lipinski definition) is 4. The summed E-state index contributed by atoms with van der Waals surface area (Å²) in [5, 5.41) is 5.91. The van der Waals surface area contributed by atoms with Crippen molar-refractivity contribution in [2.24, 2.45) is 10.1 Å². The van der Waals surface area contributed by atoms with Crippen LogP contribution in [0.3, 0.4) is 0 Å². The second-order valence-corrected chi connectivity index (χ2v) is 10.0. The number of fused-ring (bicyclic) bond motifs is 1. The van der Waals surface area contributed by atoms with E-state index in [4.69, 9.17) is 0 Å². The van der Waals surface area contributed by atoms with Gasteiger partial charge in [0.2, 0.25) is 5.56 Å². The molecule has 0 atom stereocenters. The summed E-state index contributed by atoms with van der Waals surface area (Å²) in [6.45, 7) is 12.0. The molecular formula is C30H30F2N4O. The Labute approximate surface area is 215 Å². The maximum Gasteiger partial charge on any atom is 0.249 e. The molecule has 0 saturated carbocycles. The van der Waals surface area contributed by atoms with Crippen molar-refractivity contribution in [3.05, 3.63) is 105 Å². The van der Waals surface area contributed by atoms with E-state index in [0.717, 1.165) is 11.1 Å². The van der Waals surface area contributed by atoms with Crippen molar-refractivity contribution in [3.8, 4) is 11.1 Å². The van der Waals surface area contributed by atoms with Crippen molar-refractivity contribution in [2.75, 3.05) is 7.05 Å². The van der Waals surface area contributed by atoms with Crippen molar-refractivity contribution in [2.45, 2.75) is 39.7 Å². The summed E-state index contributed by atoms with van der Waals surface area (Å²) in [7, 11) is 1.65. The Morgan fingerprint density at radius 2 is 1.86 bits per heavy atom. The molecule has 190 valence electrons. The highest BCUT2D eigenvalue weighted by Crippen LogP contribution is 2.34. The molecule has 1 aliphatic heterocycles. The SMILES string of the molecule is C=C1c2c(F)cc(C(C)(C)C)cc2C=NN1Cc1ccc(-c2cc(/C(C=NC)=C/C)[nH]c(=O)c2)cc1F. The molecule has 0 unspecified atom stereocenters. The molecule has 0 spiro atoms. The number of nitrogens with zero attached hydrogens (tertiary/aromatic N) is 3. The fourth-order valence-corrected chi connectivity index (χ4v) is 4.25. The lowest BCUT2D eigenvalue weighted by molar-refractivity contribution is 0.401. The predicted molar refractivity (Wildman–Crippen MR) is 148 cm³/mol. The molecule has 0 radical (unpaired) electrons. The molecule has 2 heterocycles. The zero-order valence-corrected chi connectivity index (χ0v) is 21.7. The van der Waals surface area contributed by atoms with Crippen molar-refractivity contribution in [1.29, 1.82) is 0 Å². The lowest BCUT2D eigenvalue weighted by Crippen LogP contribution is -2.23. The molecule has 1 N–H and O–H groups in total. The third-order valence-corrected chi connectivity index (χ3v) is 6.36. The Kier molecular flexibility index (Phi) is 7.07. The van der Waals surface area contributed by atoms with Crippen LogP contribution >= 0.6 is 0 Å². The van der Waals surface area contributed by atoms with Gasteiger partial charge in [-0.15, -0.1) is 0 Å². The highest BCUT2D eigenvalue weighted by atomic mass is 19.1. The summed E-state index contributed by atoms with van der Waals surface area (Å²) in [4.78, 5) is 19.1. The Bertz CT molecular complexity index is 1520. The Morgan fingerprint density at radius 1 is 1.11 bits per heavy atom. The van der Waals surface area contributed by atoms with E-state index in [-0.39, 0.29) is 23.3 Å². The number of nitrogens with one attached hydrogen (secondary N) is 1. The molecule has 5 nitrogen and oxygen atoms in total. The summed E-state index contributed by atoms with van der Waals surface area (Å²) in [6, 6.07) is 11.4. The molecular weight excluding hydrogens is 470 g/mol. The average Bonchev–Trinajstić information content (AvgIpc) is 2.84. The summed E-state index contributed by atoms with van der Waals surface area (Å²) in [5.41, 5.74) is 4.60. The molecule has 0 saturated heterocycles. The maximum absolute atomic E-state index is 15.2. The molecule has 2 aromatic carbocycles. The number of allylic oxidation sites excluding steroid dienone is 2. The first kappa shape index (κ1) is 25.9. The molecule has 7 heteroatoms. The van der Waals surface area contributed by atoms with E-state index in [1.54, 1.807) is 37.7 Å². The maximum atomic E-state index is 15.2. The van der Waals surface area contributed by atoms with Gasteiger partial charge in [-0.3, -0.25) is 14.8 Å². The zero-order valence-electron chi connectivity index (χ0n) is 21.7. The quantitative estimate of drug-likeness (QED) is 0.404. The number of benzene rings is 2. The van der Waals surface area contributed by atoms with Gasteiger partial charge in [0.15, 0.2) is 0 Å². The van der Waals surface area contributed by atoms with Gasteiger partial charge >= 0.3 is 0 Å². The van der Waals surface area contributed by atoms with E-state index in [9.17, 15) is 4.79 Å². The van der Waals surface area contributed by atoms with Crippen LogP contribution in [-0.2, 0) is 12.0 Å². The number of hydrazone groups is 1. The second kappa shape index (κ2) is 10.1. The molecule has 37 heavy (non-hydrogen) atoms. The van der Waals surface area contributed by atoms with Crippen LogP contribution in [0.5, 0.6) is 0 Å². The van der Waals surface area contributed by atoms with E-state index in [2.05, 4.69) is 21.7 Å². The topological polar surface area (TPSA) is 60.8 Å². The minimum Gasteiger partial charge on any atom is -0.322 e. The molecule has 0 aliphatic carbocycles. The van der Waals surface area contributed by atoms with Gasteiger partial charge in [-0.2, -0.15) is 5.10 Å². The Balaban J connectivity index is 1.62. The van der Waals surface area contributed by atoms with Gasteiger partial charge in [0.1, 0.15) is 11.6 Å². The minimum absolute atomic E-state index is 0.0810. The van der Waals surface area contributed by atoms with E-state index in [1.807, 2.05) is 39.8 Å². The van der Waals surface area contributed by atoms with Crippen molar-refractivity contribution < 1.29 is 8.78 Å². The molecule has 0 fully saturated rings. The Morgan fingerprint density at radius 3 is 2.51 bits per heavy atom. The van der Waals surface area contributed by atoms with Gasteiger partial charge < -0.3 is 4.98 Å². The lowest BCUT2D eigenvalue weighted by Gasteiger charge is -2.28. The van der Waals surface area contributed by atoms with E-state index in [0.29, 0.717) is 39.2 Å². The van der Waals surface area contributed by atoms with Gasteiger partial charge in [-0.1, -0.05) is 45.6 Å². The molecule has 0 amide bonds. The standard InChI is InChI=1S/C30H30F2N4O/c1-7-19(15-33-6)27-12-22(13-28(37)35-27)20-8-9-21(25(31)11-20)17-36-18(2)29-23(16-34-36)10-24(14-26(29)32)30(3,4)5/h7-16H,2,17H2,1,3-6H3,(H,35,37)/b19-7+,33-15?. The van der Waals surface area contributed by atoms with E-state index < -0.39 is 5.82 Å². The number of hydrogen-bond donors (Lipinski definition) is 1. The summed E-state index contributed by atoms with van der Waals surface area (Å²) < 4.78 is 30.3. The third kappa shape index (κ3) is 5.35. The third-order valence-electron chi connectivity index (χ3n) is 6.36. The summed E-state index contributed by atoms with van der Waals surface area (Å²) in [6.07, 6.45) is 5.07. The first-order chi connectivity index (χ1) is 17.5. The normalized spacial score (nSPS) is 14.0. The van der Waals surface area contributed by atoms with E-state index >= 15 is 8.78 Å². The van der Waals surface area contributed by atoms with E-state index in [1.165, 1.54) is 23.2 Å². The first-order valence-corrected chi connectivity index (χ1v) is 12.0. The summed E-state index contributed by atoms with van der Waals surface area (Å²) >= 11 is 0. The molecule has 0 bridgehead atoms. The number of halogens is 2. The van der Waals surface area contributed by atoms with Crippen LogP contribution < -0.4 is 5.56 Å². The van der Waals surface area contributed by atoms with Crippen molar-refractivity contribution in [3.63, 3.8) is 0 Å². The number of pyridine rings is 1. The van der Waals surface area contributed by atoms with Crippen molar-refractivity contribution in [1.82, 2.24) is 9.99 Å². The first-order valence-electron chi connectivity index (χ1n) is 12.0. The highest BCUT2D eigenvalue weighted by Gasteiger charge is 2.25. The number of H-pyrrole nitrogens is 1. The van der Waals surface area contributed by atoms with Crippen LogP contribution in [0.25, 0.3) is 22.4 Å². The molecule has 1 aromatic heterocycles. The van der Waals surface area contributed by atoms with Gasteiger partial charge in [0.05, 0.1) is 24.2 Å². The zero-order chi connectivity index (χ0) is 26.9. The van der Waals surface area contributed by atoms with Crippen molar-refractivity contribution >= 4 is 23.7 Å². The molecule has 3 aromatic rings. The van der Waals surface area contributed by atoms with Crippen LogP contribution in [0.4, 0.5) is 8.78 Å². The van der Waals surface area contributed by atoms with Gasteiger partial charge in [0.25, 0.3) is 0 Å². The number of aliphatic imine (C=N–C) groups is 1. The van der Waals surface area contributed by atoms with Gasteiger partial charge in [-0.05, 0) is 53.3 Å². The monoisotopic (exact) mass is 500 g/mol. The molecule has 1 aliphatic rings. The number of aromatic amines is 1. The lowest BCUT2D eigenvalue weighted by atomic mass is 9.84. The average molecular weight is 501 g/mol. The van der Waals surface area contributed by atoms with Gasteiger partial charge in [-0.25, -0.2) is 8.78 Å². The summed E-state index contributed by atoms with van der Waals surface area (Å²) in [5.74, 6) is -0.837. The second-order valence-electron chi connectivity index (χ2n) is 10.0. The largest absolute Gasteiger partial charge is 0.322 e. The fraction of sp³-hybridized carbons (Fsp3) is 0.233. The van der Waals surface area contributed by atoms with Crippen LogP contribution in [-0.4, -0.2) is 29.5 Å². The minimum atomic E-state index is -0.460. The van der Waals surface area contributed by atoms with Gasteiger partial charge in [0, 0.05) is 41.6 Å². The van der Waals surface area contributed by atoms with Crippen LogP contribution in [0, 0.1) is 11.6 Å². The smallest absolute Gasteiger partial charge is 0.249 e. The van der Waals surface area contributed by atoms with Crippen LogP contribution in [0.15, 0.2) is 70.0 Å². The predicted octanol–water partition coefficient (Wildman–Crippen LogP) is 6.54.